The molecule has 3 heteroatoms. The molecule has 2 aliphatic heterocycles. The third-order valence-corrected chi connectivity index (χ3v) is 4.01. The largest absolute Gasteiger partial charge is 0.494 e. The Balaban J connectivity index is 1.59. The van der Waals surface area contributed by atoms with E-state index in [4.69, 9.17) is 4.74 Å². The lowest BCUT2D eigenvalue weighted by Crippen LogP contribution is -2.43. The molecule has 0 spiro atoms. The molecule has 1 aromatic rings. The average Bonchev–Trinajstić information content (AvgIpc) is 2.72. The summed E-state index contributed by atoms with van der Waals surface area (Å²) in [6, 6.07) is 10.4. The molecule has 2 heterocycles. The fraction of sp³-hybridized carbons (Fsp3) is 0.600. The molecule has 0 aliphatic carbocycles. The molecule has 0 amide bonds. The van der Waals surface area contributed by atoms with Gasteiger partial charge in [-0.2, -0.15) is 0 Å². The van der Waals surface area contributed by atoms with Crippen molar-refractivity contribution in [3.63, 3.8) is 0 Å². The van der Waals surface area contributed by atoms with E-state index in [-0.39, 0.29) is 0 Å². The van der Waals surface area contributed by atoms with Gasteiger partial charge in [0, 0.05) is 23.8 Å². The summed E-state index contributed by atoms with van der Waals surface area (Å²) in [5.41, 5.74) is 1.21. The van der Waals surface area contributed by atoms with Crippen molar-refractivity contribution in [1.29, 1.82) is 0 Å². The van der Waals surface area contributed by atoms with Gasteiger partial charge < -0.3 is 15.4 Å². The molecule has 0 aromatic heterocycles. The Morgan fingerprint density at radius 3 is 2.44 bits per heavy atom. The van der Waals surface area contributed by atoms with Gasteiger partial charge in [0.05, 0.1) is 6.61 Å². The van der Waals surface area contributed by atoms with Crippen molar-refractivity contribution in [2.24, 2.45) is 0 Å². The fourth-order valence-electron chi connectivity index (χ4n) is 3.22. The van der Waals surface area contributed by atoms with Crippen LogP contribution in [0.15, 0.2) is 24.3 Å². The van der Waals surface area contributed by atoms with E-state index in [0.29, 0.717) is 6.04 Å². The average molecular weight is 246 g/mol. The predicted octanol–water partition coefficient (Wildman–Crippen LogP) is 2.78. The molecule has 18 heavy (non-hydrogen) atoms. The number of ether oxygens (including phenoxy) is 1. The highest BCUT2D eigenvalue weighted by atomic mass is 16.5. The minimum absolute atomic E-state index is 0.627. The summed E-state index contributed by atoms with van der Waals surface area (Å²) < 4.78 is 5.46. The monoisotopic (exact) mass is 246 g/mol. The van der Waals surface area contributed by atoms with Crippen LogP contribution in [0.5, 0.6) is 5.75 Å². The summed E-state index contributed by atoms with van der Waals surface area (Å²) in [4.78, 5) is 0. The Morgan fingerprint density at radius 2 is 1.83 bits per heavy atom. The molecule has 98 valence electrons. The molecule has 2 N–H and O–H groups in total. The van der Waals surface area contributed by atoms with Crippen molar-refractivity contribution in [2.75, 3.05) is 11.9 Å². The number of nitrogens with one attached hydrogen (secondary N) is 2. The minimum atomic E-state index is 0.627. The second-order valence-electron chi connectivity index (χ2n) is 5.41. The summed E-state index contributed by atoms with van der Waals surface area (Å²) in [5.74, 6) is 0.952. The highest BCUT2D eigenvalue weighted by Crippen LogP contribution is 2.29. The van der Waals surface area contributed by atoms with Gasteiger partial charge in [0.2, 0.25) is 0 Å². The maximum absolute atomic E-state index is 5.46. The smallest absolute Gasteiger partial charge is 0.119 e. The van der Waals surface area contributed by atoms with Crippen molar-refractivity contribution in [3.05, 3.63) is 24.3 Å². The molecular formula is C15H22N2O. The van der Waals surface area contributed by atoms with Crippen molar-refractivity contribution in [1.82, 2.24) is 5.32 Å². The first-order valence-electron chi connectivity index (χ1n) is 7.09. The molecule has 2 bridgehead atoms. The first-order valence-corrected chi connectivity index (χ1v) is 7.09. The van der Waals surface area contributed by atoms with Crippen LogP contribution < -0.4 is 15.4 Å². The van der Waals surface area contributed by atoms with E-state index < -0.39 is 0 Å². The number of piperidine rings is 1. The zero-order valence-electron chi connectivity index (χ0n) is 11.0. The van der Waals surface area contributed by atoms with Crippen LogP contribution >= 0.6 is 0 Å². The van der Waals surface area contributed by atoms with Crippen LogP contribution in [0.25, 0.3) is 0 Å². The number of anilines is 1. The fourth-order valence-corrected chi connectivity index (χ4v) is 3.22. The summed E-state index contributed by atoms with van der Waals surface area (Å²) >= 11 is 0. The number of hydrogen-bond acceptors (Lipinski definition) is 3. The van der Waals surface area contributed by atoms with E-state index in [0.717, 1.165) is 24.4 Å². The van der Waals surface area contributed by atoms with Crippen LogP contribution in [0, 0.1) is 0 Å². The topological polar surface area (TPSA) is 33.3 Å². The van der Waals surface area contributed by atoms with Gasteiger partial charge in [-0.05, 0) is 56.9 Å². The van der Waals surface area contributed by atoms with Gasteiger partial charge in [-0.15, -0.1) is 0 Å². The summed E-state index contributed by atoms with van der Waals surface area (Å²) in [5, 5.41) is 7.33. The van der Waals surface area contributed by atoms with E-state index in [2.05, 4.69) is 22.8 Å². The standard InChI is InChI=1S/C15H22N2O/c1-2-18-15-7-5-11(6-8-15)16-14-9-12-3-4-13(10-14)17-12/h5-8,12-14,16-17H,2-4,9-10H2,1H3. The highest BCUT2D eigenvalue weighted by Gasteiger charge is 2.33. The minimum Gasteiger partial charge on any atom is -0.494 e. The van der Waals surface area contributed by atoms with Crippen LogP contribution in [-0.2, 0) is 0 Å². The SMILES string of the molecule is CCOc1ccc(NC2CC3CCC(C2)N3)cc1. The van der Waals surface area contributed by atoms with Gasteiger partial charge in [0.25, 0.3) is 0 Å². The first-order chi connectivity index (χ1) is 8.83. The van der Waals surface area contributed by atoms with Gasteiger partial charge in [-0.1, -0.05) is 0 Å². The number of hydrogen-bond donors (Lipinski definition) is 2. The number of fused-ring (bicyclic) bond motifs is 2. The molecular weight excluding hydrogens is 224 g/mol. The first kappa shape index (κ1) is 11.8. The molecule has 0 radical (unpaired) electrons. The van der Waals surface area contributed by atoms with Gasteiger partial charge in [-0.25, -0.2) is 0 Å². The Kier molecular flexibility index (Phi) is 3.41. The van der Waals surface area contributed by atoms with Gasteiger partial charge in [-0.3, -0.25) is 0 Å². The molecule has 2 aliphatic rings. The molecule has 2 atom stereocenters. The van der Waals surface area contributed by atoms with Crippen LogP contribution in [0.2, 0.25) is 0 Å². The van der Waals surface area contributed by atoms with Crippen molar-refractivity contribution >= 4 is 5.69 Å². The lowest BCUT2D eigenvalue weighted by molar-refractivity contribution is 0.340. The maximum Gasteiger partial charge on any atom is 0.119 e. The molecule has 2 unspecified atom stereocenters. The zero-order chi connectivity index (χ0) is 12.4. The van der Waals surface area contributed by atoms with Gasteiger partial charge in [0.1, 0.15) is 5.75 Å². The van der Waals surface area contributed by atoms with Crippen molar-refractivity contribution in [3.8, 4) is 5.75 Å². The van der Waals surface area contributed by atoms with E-state index >= 15 is 0 Å². The molecule has 2 fully saturated rings. The lowest BCUT2D eigenvalue weighted by atomic mass is 9.99. The Morgan fingerprint density at radius 1 is 1.17 bits per heavy atom. The summed E-state index contributed by atoms with van der Waals surface area (Å²) in [6.45, 7) is 2.74. The van der Waals surface area contributed by atoms with E-state index in [1.165, 1.54) is 31.4 Å². The molecule has 3 rings (SSSR count). The van der Waals surface area contributed by atoms with Crippen LogP contribution in [-0.4, -0.2) is 24.7 Å². The molecule has 1 aromatic carbocycles. The second-order valence-corrected chi connectivity index (χ2v) is 5.41. The molecule has 0 saturated carbocycles. The van der Waals surface area contributed by atoms with E-state index in [1.807, 2.05) is 19.1 Å². The Hall–Kier alpha value is -1.22. The Labute approximate surface area is 109 Å². The Bertz CT molecular complexity index is 378. The van der Waals surface area contributed by atoms with E-state index in [1.54, 1.807) is 0 Å². The number of rotatable bonds is 4. The van der Waals surface area contributed by atoms with Crippen LogP contribution in [0.3, 0.4) is 0 Å². The lowest BCUT2D eigenvalue weighted by Gasteiger charge is -2.30. The van der Waals surface area contributed by atoms with Gasteiger partial charge >= 0.3 is 0 Å². The maximum atomic E-state index is 5.46. The zero-order valence-corrected chi connectivity index (χ0v) is 11.0. The van der Waals surface area contributed by atoms with Crippen LogP contribution in [0.4, 0.5) is 5.69 Å². The quantitative estimate of drug-likeness (QED) is 0.857. The van der Waals surface area contributed by atoms with E-state index in [9.17, 15) is 0 Å². The molecule has 3 nitrogen and oxygen atoms in total. The second kappa shape index (κ2) is 5.19. The highest BCUT2D eigenvalue weighted by molar-refractivity contribution is 5.47. The molecule has 2 saturated heterocycles. The van der Waals surface area contributed by atoms with Crippen molar-refractivity contribution < 1.29 is 4.74 Å². The number of benzene rings is 1. The normalized spacial score (nSPS) is 30.2. The summed E-state index contributed by atoms with van der Waals surface area (Å²) in [7, 11) is 0. The third kappa shape index (κ3) is 2.61. The van der Waals surface area contributed by atoms with Gasteiger partial charge in [0.15, 0.2) is 0 Å². The van der Waals surface area contributed by atoms with Crippen LogP contribution in [0.1, 0.15) is 32.6 Å². The third-order valence-electron chi connectivity index (χ3n) is 4.01. The van der Waals surface area contributed by atoms with Crippen molar-refractivity contribution in [2.45, 2.75) is 50.7 Å². The predicted molar refractivity (Wildman–Crippen MR) is 74.2 cm³/mol. The summed E-state index contributed by atoms with van der Waals surface area (Å²) in [6.07, 6.45) is 5.21.